The predicted octanol–water partition coefficient (Wildman–Crippen LogP) is 3.44. The normalized spacial score (nSPS) is 15.3. The van der Waals surface area contributed by atoms with E-state index >= 15 is 0 Å². The summed E-state index contributed by atoms with van der Waals surface area (Å²) in [7, 11) is 1.61. The highest BCUT2D eigenvalue weighted by Gasteiger charge is 2.20. The third-order valence-electron chi connectivity index (χ3n) is 4.13. The summed E-state index contributed by atoms with van der Waals surface area (Å²) >= 11 is 0. The molecule has 21 heavy (non-hydrogen) atoms. The van der Waals surface area contributed by atoms with Crippen LogP contribution in [0.4, 0.5) is 0 Å². The SMILES string of the molecule is COc1ccc(C2CCCC2)cc1-c1cc(C(=O)O)[nH]n1. The van der Waals surface area contributed by atoms with Crippen molar-refractivity contribution in [3.05, 3.63) is 35.5 Å². The largest absolute Gasteiger partial charge is 0.496 e. The van der Waals surface area contributed by atoms with Gasteiger partial charge in [-0.15, -0.1) is 0 Å². The van der Waals surface area contributed by atoms with Gasteiger partial charge in [0, 0.05) is 5.56 Å². The Morgan fingerprint density at radius 3 is 2.71 bits per heavy atom. The number of aromatic nitrogens is 2. The third kappa shape index (κ3) is 2.63. The number of carboxylic acid groups (broad SMARTS) is 1. The van der Waals surface area contributed by atoms with Crippen molar-refractivity contribution in [1.82, 2.24) is 10.2 Å². The van der Waals surface area contributed by atoms with E-state index in [1.165, 1.54) is 31.2 Å². The fourth-order valence-corrected chi connectivity index (χ4v) is 3.01. The van der Waals surface area contributed by atoms with Crippen LogP contribution in [-0.4, -0.2) is 28.4 Å². The Morgan fingerprint density at radius 2 is 2.10 bits per heavy atom. The van der Waals surface area contributed by atoms with Crippen LogP contribution < -0.4 is 4.74 Å². The lowest BCUT2D eigenvalue weighted by Crippen LogP contribution is -1.95. The van der Waals surface area contributed by atoms with Gasteiger partial charge in [0.1, 0.15) is 11.4 Å². The number of hydrogen-bond donors (Lipinski definition) is 2. The smallest absolute Gasteiger partial charge is 0.353 e. The van der Waals surface area contributed by atoms with Crippen molar-refractivity contribution in [1.29, 1.82) is 0 Å². The van der Waals surface area contributed by atoms with Gasteiger partial charge in [-0.05, 0) is 42.5 Å². The molecular formula is C16H18N2O3. The Balaban J connectivity index is 2.01. The molecule has 0 bridgehead atoms. The van der Waals surface area contributed by atoms with Crippen molar-refractivity contribution in [3.8, 4) is 17.0 Å². The Morgan fingerprint density at radius 1 is 1.33 bits per heavy atom. The van der Waals surface area contributed by atoms with E-state index in [0.29, 0.717) is 17.4 Å². The molecule has 1 heterocycles. The fraction of sp³-hybridized carbons (Fsp3) is 0.375. The van der Waals surface area contributed by atoms with Gasteiger partial charge in [0.2, 0.25) is 0 Å². The molecule has 0 atom stereocenters. The average molecular weight is 286 g/mol. The lowest BCUT2D eigenvalue weighted by Gasteiger charge is -2.13. The van der Waals surface area contributed by atoms with Gasteiger partial charge in [-0.1, -0.05) is 18.9 Å². The molecule has 0 spiro atoms. The van der Waals surface area contributed by atoms with E-state index in [1.54, 1.807) is 13.2 Å². The number of benzene rings is 1. The van der Waals surface area contributed by atoms with Crippen molar-refractivity contribution < 1.29 is 14.6 Å². The Hall–Kier alpha value is -2.30. The molecule has 1 aromatic heterocycles. The number of aromatic amines is 1. The summed E-state index contributed by atoms with van der Waals surface area (Å²) in [4.78, 5) is 11.0. The first-order valence-electron chi connectivity index (χ1n) is 7.16. The van der Waals surface area contributed by atoms with Crippen LogP contribution >= 0.6 is 0 Å². The molecule has 2 aromatic rings. The van der Waals surface area contributed by atoms with Gasteiger partial charge in [-0.3, -0.25) is 5.10 Å². The standard InChI is InChI=1S/C16H18N2O3/c1-21-15-7-6-11(10-4-2-3-5-10)8-12(15)13-9-14(16(19)20)18-17-13/h6-10H,2-5H2,1H3,(H,17,18)(H,19,20). The highest BCUT2D eigenvalue weighted by molar-refractivity contribution is 5.87. The molecule has 1 aliphatic carbocycles. The Labute approximate surface area is 123 Å². The summed E-state index contributed by atoms with van der Waals surface area (Å²) in [6.07, 6.45) is 4.98. The average Bonchev–Trinajstić information content (AvgIpc) is 3.18. The second kappa shape index (κ2) is 5.60. The quantitative estimate of drug-likeness (QED) is 0.902. The molecule has 5 heteroatoms. The van der Waals surface area contributed by atoms with E-state index in [1.807, 2.05) is 6.07 Å². The number of H-pyrrole nitrogens is 1. The monoisotopic (exact) mass is 286 g/mol. The van der Waals surface area contributed by atoms with Crippen LogP contribution in [0, 0.1) is 0 Å². The molecule has 2 N–H and O–H groups in total. The molecule has 1 aromatic carbocycles. The number of nitrogens with one attached hydrogen (secondary N) is 1. The van der Waals surface area contributed by atoms with Crippen molar-refractivity contribution in [2.75, 3.05) is 7.11 Å². The number of hydrogen-bond acceptors (Lipinski definition) is 3. The van der Waals surface area contributed by atoms with Gasteiger partial charge >= 0.3 is 5.97 Å². The zero-order valence-electron chi connectivity index (χ0n) is 11.9. The van der Waals surface area contributed by atoms with Crippen LogP contribution in [0.3, 0.4) is 0 Å². The third-order valence-corrected chi connectivity index (χ3v) is 4.13. The minimum absolute atomic E-state index is 0.0818. The Bertz CT molecular complexity index is 657. The number of methoxy groups -OCH3 is 1. The van der Waals surface area contributed by atoms with Gasteiger partial charge in [-0.2, -0.15) is 5.10 Å². The van der Waals surface area contributed by atoms with E-state index < -0.39 is 5.97 Å². The molecule has 0 aliphatic heterocycles. The van der Waals surface area contributed by atoms with E-state index in [2.05, 4.69) is 22.3 Å². The zero-order chi connectivity index (χ0) is 14.8. The number of nitrogens with zero attached hydrogens (tertiary/aromatic N) is 1. The minimum atomic E-state index is -1.01. The van der Waals surface area contributed by atoms with E-state index in [9.17, 15) is 4.79 Å². The van der Waals surface area contributed by atoms with Gasteiger partial charge in [-0.25, -0.2) is 4.79 Å². The van der Waals surface area contributed by atoms with Crippen LogP contribution in [0.5, 0.6) is 5.75 Å². The van der Waals surface area contributed by atoms with Crippen molar-refractivity contribution in [2.45, 2.75) is 31.6 Å². The topological polar surface area (TPSA) is 75.2 Å². The molecule has 1 fully saturated rings. The summed E-state index contributed by atoms with van der Waals surface area (Å²) in [5.74, 6) is 0.285. The van der Waals surface area contributed by atoms with E-state index in [4.69, 9.17) is 9.84 Å². The summed E-state index contributed by atoms with van der Waals surface area (Å²) < 4.78 is 5.39. The Kier molecular flexibility index (Phi) is 3.64. The lowest BCUT2D eigenvalue weighted by atomic mass is 9.95. The number of rotatable bonds is 4. The first-order chi connectivity index (χ1) is 10.2. The van der Waals surface area contributed by atoms with Gasteiger partial charge in [0.25, 0.3) is 0 Å². The molecule has 0 amide bonds. The summed E-state index contributed by atoms with van der Waals surface area (Å²) in [6.45, 7) is 0. The first-order valence-corrected chi connectivity index (χ1v) is 7.16. The number of aromatic carboxylic acids is 1. The molecule has 0 radical (unpaired) electrons. The highest BCUT2D eigenvalue weighted by Crippen LogP contribution is 2.38. The molecular weight excluding hydrogens is 268 g/mol. The van der Waals surface area contributed by atoms with E-state index in [0.717, 1.165) is 5.56 Å². The number of ether oxygens (including phenoxy) is 1. The number of carbonyl (C=O) groups is 1. The maximum absolute atomic E-state index is 11.0. The van der Waals surface area contributed by atoms with Gasteiger partial charge in [0.05, 0.1) is 12.8 Å². The summed E-state index contributed by atoms with van der Waals surface area (Å²) in [5.41, 5.74) is 2.80. The fourth-order valence-electron chi connectivity index (χ4n) is 3.01. The first kappa shape index (κ1) is 13.7. The second-order valence-electron chi connectivity index (χ2n) is 5.41. The zero-order valence-corrected chi connectivity index (χ0v) is 11.9. The van der Waals surface area contributed by atoms with Crippen LogP contribution in [-0.2, 0) is 0 Å². The van der Waals surface area contributed by atoms with Gasteiger partial charge in [0.15, 0.2) is 0 Å². The minimum Gasteiger partial charge on any atom is -0.496 e. The molecule has 5 nitrogen and oxygen atoms in total. The van der Waals surface area contributed by atoms with Crippen molar-refractivity contribution >= 4 is 5.97 Å². The maximum atomic E-state index is 11.0. The summed E-state index contributed by atoms with van der Waals surface area (Å²) in [6, 6.07) is 7.66. The molecule has 0 saturated heterocycles. The lowest BCUT2D eigenvalue weighted by molar-refractivity contribution is 0.0690. The van der Waals surface area contributed by atoms with Gasteiger partial charge < -0.3 is 9.84 Å². The molecule has 1 aliphatic rings. The van der Waals surface area contributed by atoms with E-state index in [-0.39, 0.29) is 5.69 Å². The van der Waals surface area contributed by atoms with Crippen LogP contribution in [0.1, 0.15) is 47.7 Å². The second-order valence-corrected chi connectivity index (χ2v) is 5.41. The van der Waals surface area contributed by atoms with Crippen LogP contribution in [0.2, 0.25) is 0 Å². The maximum Gasteiger partial charge on any atom is 0.353 e. The predicted molar refractivity (Wildman–Crippen MR) is 78.7 cm³/mol. The van der Waals surface area contributed by atoms with Crippen LogP contribution in [0.15, 0.2) is 24.3 Å². The molecule has 1 saturated carbocycles. The highest BCUT2D eigenvalue weighted by atomic mass is 16.5. The van der Waals surface area contributed by atoms with Crippen molar-refractivity contribution in [3.63, 3.8) is 0 Å². The van der Waals surface area contributed by atoms with Crippen LogP contribution in [0.25, 0.3) is 11.3 Å². The number of carboxylic acids is 1. The summed E-state index contributed by atoms with van der Waals surface area (Å²) in [5, 5.41) is 15.6. The molecule has 0 unspecified atom stereocenters. The molecule has 110 valence electrons. The molecule has 3 rings (SSSR count). The van der Waals surface area contributed by atoms with Crippen molar-refractivity contribution in [2.24, 2.45) is 0 Å².